The van der Waals surface area contributed by atoms with Gasteiger partial charge in [-0.3, -0.25) is 0 Å². The zero-order valence-corrected chi connectivity index (χ0v) is 5.93. The van der Waals surface area contributed by atoms with Crippen LogP contribution in [-0.4, -0.2) is 0 Å². The molecule has 1 radical (unpaired) electrons. The van der Waals surface area contributed by atoms with E-state index in [9.17, 15) is 0 Å². The third kappa shape index (κ3) is 8.98. The molecule has 0 aromatic carbocycles. The summed E-state index contributed by atoms with van der Waals surface area (Å²) in [4.78, 5) is 0. The van der Waals surface area contributed by atoms with Gasteiger partial charge in [0.1, 0.15) is 0 Å². The molecular formula is AgOPd2. The Bertz CT molecular complexity index is 6.00. The summed E-state index contributed by atoms with van der Waals surface area (Å²) in [6.45, 7) is 0. The summed E-state index contributed by atoms with van der Waals surface area (Å²) in [6.07, 6.45) is 0. The maximum atomic E-state index is 0. The maximum absolute atomic E-state index is 0. The molecule has 0 saturated heterocycles. The summed E-state index contributed by atoms with van der Waals surface area (Å²) in [7, 11) is 0. The molecule has 0 amide bonds. The molecule has 0 aromatic rings. The topological polar surface area (TPSA) is 28.5 Å². The minimum absolute atomic E-state index is 0. The molecule has 0 aliphatic heterocycles. The van der Waals surface area contributed by atoms with Gasteiger partial charge in [0.15, 0.2) is 0 Å². The van der Waals surface area contributed by atoms with Crippen molar-refractivity contribution in [1.82, 2.24) is 0 Å². The molecule has 0 spiro atoms. The van der Waals surface area contributed by atoms with Gasteiger partial charge in [-0.2, -0.15) is 0 Å². The number of hydrogen-bond donors (Lipinski definition) is 0. The van der Waals surface area contributed by atoms with E-state index in [4.69, 9.17) is 0 Å². The first-order chi connectivity index (χ1) is 0. The van der Waals surface area contributed by atoms with Gasteiger partial charge < -0.3 is 5.48 Å². The molecule has 0 unspecified atom stereocenters. The summed E-state index contributed by atoms with van der Waals surface area (Å²) in [5, 5.41) is 0. The van der Waals surface area contributed by atoms with Gasteiger partial charge in [0.05, 0.1) is 0 Å². The van der Waals surface area contributed by atoms with Gasteiger partial charge in [-0.15, -0.1) is 0 Å². The second-order valence-corrected chi connectivity index (χ2v) is 0. The average Bonchev–Trinajstić information content (AvgIpc) is 0. The first-order valence-electron chi connectivity index (χ1n) is 0. The molecule has 0 fully saturated rings. The Morgan fingerprint density at radius 1 is 1.00 bits per heavy atom. The fraction of sp³-hybridized carbons (Fsp3) is 0. The Morgan fingerprint density at radius 2 is 1.00 bits per heavy atom. The minimum atomic E-state index is 0. The quantitative estimate of drug-likeness (QED) is 0.552. The van der Waals surface area contributed by atoms with Gasteiger partial charge in [0, 0.05) is 42.8 Å². The van der Waals surface area contributed by atoms with Crippen molar-refractivity contribution in [2.75, 3.05) is 0 Å². The average molecular weight is 337 g/mol. The van der Waals surface area contributed by atoms with Gasteiger partial charge >= 0.3 is 20.4 Å². The van der Waals surface area contributed by atoms with Gasteiger partial charge in [0.2, 0.25) is 0 Å². The molecule has 37 valence electrons. The molecule has 1 nitrogen and oxygen atoms in total. The molecule has 0 aliphatic rings. The summed E-state index contributed by atoms with van der Waals surface area (Å²) in [6, 6.07) is 0. The Hall–Kier alpha value is 2.02. The van der Waals surface area contributed by atoms with Crippen LogP contribution in [0.25, 0.3) is 0 Å². The summed E-state index contributed by atoms with van der Waals surface area (Å²) >= 11 is 0. The van der Waals surface area contributed by atoms with Gasteiger partial charge in [0.25, 0.3) is 0 Å². The maximum Gasteiger partial charge on any atom is 2.00 e. The van der Waals surface area contributed by atoms with Gasteiger partial charge in [-0.05, 0) is 0 Å². The van der Waals surface area contributed by atoms with Crippen LogP contribution in [0.5, 0.6) is 0 Å². The van der Waals surface area contributed by atoms with E-state index in [1.54, 1.807) is 0 Å². The Morgan fingerprint density at radius 3 is 1.00 bits per heavy atom. The van der Waals surface area contributed by atoms with Crippen LogP contribution in [0.15, 0.2) is 0 Å². The molecular weight excluding hydrogens is 337 g/mol. The van der Waals surface area contributed by atoms with Crippen molar-refractivity contribution in [2.24, 2.45) is 0 Å². The Labute approximate surface area is 68.0 Å². The van der Waals surface area contributed by atoms with Crippen LogP contribution in [0.2, 0.25) is 0 Å². The second-order valence-electron chi connectivity index (χ2n) is 0. The first-order valence-corrected chi connectivity index (χ1v) is 0. The van der Waals surface area contributed by atoms with E-state index in [0.717, 1.165) is 0 Å². The summed E-state index contributed by atoms with van der Waals surface area (Å²) in [5.41, 5.74) is 0. The van der Waals surface area contributed by atoms with Crippen molar-refractivity contribution in [1.29, 1.82) is 0 Å². The molecule has 4 heavy (non-hydrogen) atoms. The van der Waals surface area contributed by atoms with E-state index in [0.29, 0.717) is 0 Å². The van der Waals surface area contributed by atoms with E-state index >= 15 is 0 Å². The number of hydrogen-bond acceptors (Lipinski definition) is 0. The fourth-order valence-electron chi connectivity index (χ4n) is 0. The molecule has 0 rings (SSSR count). The van der Waals surface area contributed by atoms with Crippen molar-refractivity contribution in [2.45, 2.75) is 0 Å². The predicted octanol–water partition coefficient (Wildman–Crippen LogP) is -0.126. The smallest absolute Gasteiger partial charge is 2.00 e. The van der Waals surface area contributed by atoms with E-state index < -0.39 is 0 Å². The zero-order chi connectivity index (χ0) is 0. The molecule has 0 bridgehead atoms. The van der Waals surface area contributed by atoms with E-state index in [1.807, 2.05) is 0 Å². The largest absolute Gasteiger partial charge is 2.00 e. The summed E-state index contributed by atoms with van der Waals surface area (Å²) < 4.78 is 0. The van der Waals surface area contributed by atoms with Crippen LogP contribution in [0.3, 0.4) is 0 Å². The zero-order valence-electron chi connectivity index (χ0n) is 1.34. The van der Waals surface area contributed by atoms with Crippen molar-refractivity contribution >= 4 is 0 Å². The standard InChI is InChI=1S/Ag.O.2Pd/q;-2;;+2. The molecule has 0 heterocycles. The van der Waals surface area contributed by atoms with E-state index in [-0.39, 0.29) is 68.7 Å². The van der Waals surface area contributed by atoms with Crippen LogP contribution >= 0.6 is 0 Å². The minimum Gasteiger partial charge on any atom is -2.00 e. The summed E-state index contributed by atoms with van der Waals surface area (Å²) in [5.74, 6) is 0. The van der Waals surface area contributed by atoms with Crippen LogP contribution in [0, 0.1) is 0 Å². The third-order valence-corrected chi connectivity index (χ3v) is 0. The van der Waals surface area contributed by atoms with Crippen molar-refractivity contribution in [3.05, 3.63) is 0 Å². The monoisotopic (exact) mass is 335 g/mol. The van der Waals surface area contributed by atoms with Crippen LogP contribution in [0.1, 0.15) is 0 Å². The third-order valence-electron chi connectivity index (χ3n) is 0. The normalized spacial score (nSPS) is 0. The van der Waals surface area contributed by atoms with Crippen LogP contribution < -0.4 is 0 Å². The molecule has 0 atom stereocenters. The molecule has 4 heteroatoms. The van der Waals surface area contributed by atoms with Crippen molar-refractivity contribution < 1.29 is 68.7 Å². The Balaban J connectivity index is 0. The second kappa shape index (κ2) is 19.9. The molecule has 0 aliphatic carbocycles. The van der Waals surface area contributed by atoms with Crippen LogP contribution in [-0.2, 0) is 68.7 Å². The van der Waals surface area contributed by atoms with Crippen LogP contribution in [0.4, 0.5) is 0 Å². The first kappa shape index (κ1) is 37.1. The van der Waals surface area contributed by atoms with Gasteiger partial charge in [-0.1, -0.05) is 0 Å². The fourth-order valence-corrected chi connectivity index (χ4v) is 0. The predicted molar refractivity (Wildman–Crippen MR) is 0.686 cm³/mol. The van der Waals surface area contributed by atoms with E-state index in [1.165, 1.54) is 0 Å². The van der Waals surface area contributed by atoms with E-state index in [2.05, 4.69) is 0 Å². The molecule has 0 aromatic heterocycles. The molecule has 0 saturated carbocycles. The van der Waals surface area contributed by atoms with Gasteiger partial charge in [-0.25, -0.2) is 0 Å². The van der Waals surface area contributed by atoms with Crippen molar-refractivity contribution in [3.63, 3.8) is 0 Å². The number of rotatable bonds is 0. The van der Waals surface area contributed by atoms with Crippen molar-refractivity contribution in [3.8, 4) is 0 Å². The Kier molecular flexibility index (Phi) is 184. The molecule has 0 N–H and O–H groups in total. The SMILES string of the molecule is [Ag].[O-2].[Pd+2].[Pd].